The molecule has 0 radical (unpaired) electrons. The molecule has 0 saturated carbocycles. The largest absolute Gasteiger partial charge is 0.354 e. The first-order valence-corrected chi connectivity index (χ1v) is 11.3. The van der Waals surface area contributed by atoms with Crippen LogP contribution in [0.2, 0.25) is 0 Å². The van der Waals surface area contributed by atoms with Crippen molar-refractivity contribution in [2.24, 2.45) is 9.50 Å². The van der Waals surface area contributed by atoms with Crippen LogP contribution in [0.15, 0.2) is 20.0 Å². The molecule has 0 unspecified atom stereocenters. The fraction of sp³-hybridized carbons (Fsp3) is 0.389. The van der Waals surface area contributed by atoms with Gasteiger partial charge in [-0.1, -0.05) is 6.07 Å². The third kappa shape index (κ3) is 3.29. The standard InChI is InChI=1S/C18H21FN4O2S2/c1-21-8-12-9-26-17(15(12)19)27(20,25)23-18(24)22-16-13-4-2-3-10(13)7-11-5-6-14(11)16/h7,9,21H,2-6,8H2,1H3,(H3,20,22,23,24,25)/t27-/m0/s1. The number of halogens is 1. The van der Waals surface area contributed by atoms with Crippen molar-refractivity contribution in [1.29, 1.82) is 0 Å². The minimum absolute atomic E-state index is 0.200. The molecule has 144 valence electrons. The number of fused-ring (bicyclic) bond motifs is 2. The quantitative estimate of drug-likeness (QED) is 0.725. The molecule has 0 bridgehead atoms. The Morgan fingerprint density at radius 2 is 2.04 bits per heavy atom. The van der Waals surface area contributed by atoms with Gasteiger partial charge in [-0.15, -0.1) is 15.7 Å². The molecule has 2 aliphatic carbocycles. The molecule has 2 aliphatic rings. The van der Waals surface area contributed by atoms with E-state index in [-0.39, 0.29) is 10.8 Å². The van der Waals surface area contributed by atoms with Crippen LogP contribution in [-0.2, 0) is 42.1 Å². The van der Waals surface area contributed by atoms with Crippen LogP contribution >= 0.6 is 11.3 Å². The van der Waals surface area contributed by atoms with Gasteiger partial charge in [0.15, 0.2) is 19.9 Å². The number of benzene rings is 1. The van der Waals surface area contributed by atoms with Crippen LogP contribution in [0.1, 0.15) is 34.2 Å². The Balaban J connectivity index is 1.64. The molecular weight excluding hydrogens is 387 g/mol. The molecule has 0 saturated heterocycles. The Hall–Kier alpha value is -1.81. The summed E-state index contributed by atoms with van der Waals surface area (Å²) in [6, 6.07) is 1.43. The Labute approximate surface area is 161 Å². The molecule has 0 aliphatic heterocycles. The highest BCUT2D eigenvalue weighted by Gasteiger charge is 2.27. The zero-order valence-corrected chi connectivity index (χ0v) is 16.6. The maximum absolute atomic E-state index is 14.4. The lowest BCUT2D eigenvalue weighted by atomic mass is 9.83. The lowest BCUT2D eigenvalue weighted by molar-refractivity contribution is 0.260. The number of hydrogen-bond acceptors (Lipinski definition) is 4. The smallest absolute Gasteiger partial charge is 0.316 e. The van der Waals surface area contributed by atoms with Gasteiger partial charge in [-0.3, -0.25) is 0 Å². The van der Waals surface area contributed by atoms with E-state index >= 15 is 0 Å². The van der Waals surface area contributed by atoms with Gasteiger partial charge < -0.3 is 10.6 Å². The SMILES string of the molecule is CNCc1csc([S@@](N)(=O)=NC(=O)Nc2c3c(cc4c2CC4)CCC3)c1F. The number of hydrogen-bond donors (Lipinski definition) is 3. The van der Waals surface area contributed by atoms with E-state index in [2.05, 4.69) is 21.1 Å². The minimum atomic E-state index is -3.65. The van der Waals surface area contributed by atoms with Gasteiger partial charge in [0.25, 0.3) is 0 Å². The summed E-state index contributed by atoms with van der Waals surface area (Å²) in [6.07, 6.45) is 4.88. The van der Waals surface area contributed by atoms with Crippen molar-refractivity contribution < 1.29 is 13.4 Å². The van der Waals surface area contributed by atoms with Crippen LogP contribution in [0, 0.1) is 5.82 Å². The Morgan fingerprint density at radius 1 is 1.30 bits per heavy atom. The Bertz CT molecular complexity index is 1050. The molecule has 6 nitrogen and oxygen atoms in total. The van der Waals surface area contributed by atoms with Gasteiger partial charge in [-0.05, 0) is 66.8 Å². The van der Waals surface area contributed by atoms with Gasteiger partial charge in [0.2, 0.25) is 0 Å². The van der Waals surface area contributed by atoms with Gasteiger partial charge in [0, 0.05) is 17.8 Å². The number of urea groups is 1. The van der Waals surface area contributed by atoms with Crippen LogP contribution in [-0.4, -0.2) is 17.3 Å². The molecule has 1 atom stereocenters. The van der Waals surface area contributed by atoms with Gasteiger partial charge >= 0.3 is 6.03 Å². The summed E-state index contributed by atoms with van der Waals surface area (Å²) in [5, 5.41) is 12.9. The van der Waals surface area contributed by atoms with Crippen LogP contribution in [0.25, 0.3) is 0 Å². The second-order valence-corrected chi connectivity index (χ2v) is 9.73. The van der Waals surface area contributed by atoms with Crippen molar-refractivity contribution in [2.45, 2.75) is 42.9 Å². The average molecular weight is 409 g/mol. The number of aryl methyl sites for hydroxylation is 2. The van der Waals surface area contributed by atoms with Crippen LogP contribution in [0.5, 0.6) is 0 Å². The highest BCUT2D eigenvalue weighted by molar-refractivity contribution is 7.93. The molecule has 2 aromatic rings. The Morgan fingerprint density at radius 3 is 2.74 bits per heavy atom. The van der Waals surface area contributed by atoms with Crippen molar-refractivity contribution in [3.8, 4) is 0 Å². The fourth-order valence-electron chi connectivity index (χ4n) is 3.76. The Kier molecular flexibility index (Phi) is 4.79. The number of nitrogens with two attached hydrogens (primary N) is 1. The summed E-state index contributed by atoms with van der Waals surface area (Å²) in [6.45, 7) is 0.284. The summed E-state index contributed by atoms with van der Waals surface area (Å²) >= 11 is 0.919. The number of thiophene rings is 1. The normalized spacial score (nSPS) is 16.9. The van der Waals surface area contributed by atoms with Gasteiger partial charge in [-0.2, -0.15) is 0 Å². The van der Waals surface area contributed by atoms with Gasteiger partial charge in [0.1, 0.15) is 0 Å². The second kappa shape index (κ2) is 6.97. The lowest BCUT2D eigenvalue weighted by Gasteiger charge is -2.25. The van der Waals surface area contributed by atoms with Crippen molar-refractivity contribution in [3.05, 3.63) is 45.1 Å². The zero-order valence-electron chi connectivity index (χ0n) is 14.9. The molecular formula is C18H21FN4O2S2. The van der Waals surface area contributed by atoms with E-state index in [4.69, 9.17) is 5.14 Å². The maximum atomic E-state index is 14.4. The number of carbonyl (C=O) groups is 1. The molecule has 4 N–H and O–H groups in total. The summed E-state index contributed by atoms with van der Waals surface area (Å²) in [4.78, 5) is 12.5. The van der Waals surface area contributed by atoms with Crippen LogP contribution < -0.4 is 15.8 Å². The van der Waals surface area contributed by atoms with Crippen molar-refractivity contribution >= 4 is 33.0 Å². The molecule has 0 spiro atoms. The van der Waals surface area contributed by atoms with Crippen LogP contribution in [0.3, 0.4) is 0 Å². The summed E-state index contributed by atoms with van der Waals surface area (Å²) < 4.78 is 30.6. The van der Waals surface area contributed by atoms with E-state index in [1.807, 2.05) is 0 Å². The number of nitrogens with one attached hydrogen (secondary N) is 2. The van der Waals surface area contributed by atoms with Crippen LogP contribution in [0.4, 0.5) is 14.9 Å². The monoisotopic (exact) mass is 408 g/mol. The van der Waals surface area contributed by atoms with E-state index in [0.717, 1.165) is 60.3 Å². The van der Waals surface area contributed by atoms with Gasteiger partial charge in [0.05, 0.1) is 0 Å². The summed E-state index contributed by atoms with van der Waals surface area (Å²) in [5.41, 5.74) is 5.92. The topological polar surface area (TPSA) is 96.6 Å². The fourth-order valence-corrected chi connectivity index (χ4v) is 6.00. The second-order valence-electron chi connectivity index (χ2n) is 6.86. The number of anilines is 1. The minimum Gasteiger partial charge on any atom is -0.316 e. The number of nitrogens with zero attached hydrogens (tertiary/aromatic N) is 1. The number of carbonyl (C=O) groups excluding carboxylic acids is 1. The summed E-state index contributed by atoms with van der Waals surface area (Å²) in [7, 11) is -1.97. The molecule has 0 fully saturated rings. The van der Waals surface area contributed by atoms with E-state index in [9.17, 15) is 13.4 Å². The third-order valence-corrected chi connectivity index (χ3v) is 8.05. The predicted octanol–water partition coefficient (Wildman–Crippen LogP) is 3.13. The molecule has 27 heavy (non-hydrogen) atoms. The molecule has 1 aromatic carbocycles. The lowest BCUT2D eigenvalue weighted by Crippen LogP contribution is -2.21. The number of amides is 2. The highest BCUT2D eigenvalue weighted by Crippen LogP contribution is 2.39. The van der Waals surface area contributed by atoms with E-state index < -0.39 is 21.8 Å². The predicted molar refractivity (Wildman–Crippen MR) is 105 cm³/mol. The summed E-state index contributed by atoms with van der Waals surface area (Å²) in [5.74, 6) is -0.664. The molecule has 1 aromatic heterocycles. The first kappa shape index (κ1) is 18.5. The molecule has 4 rings (SSSR count). The van der Waals surface area contributed by atoms with E-state index in [1.54, 1.807) is 7.05 Å². The highest BCUT2D eigenvalue weighted by atomic mass is 32.2. The van der Waals surface area contributed by atoms with Crippen molar-refractivity contribution in [2.75, 3.05) is 12.4 Å². The van der Waals surface area contributed by atoms with Crippen molar-refractivity contribution in [1.82, 2.24) is 5.32 Å². The van der Waals surface area contributed by atoms with Crippen molar-refractivity contribution in [3.63, 3.8) is 0 Å². The molecule has 9 heteroatoms. The molecule has 1 heterocycles. The maximum Gasteiger partial charge on any atom is 0.354 e. The average Bonchev–Trinajstić information content (AvgIpc) is 3.18. The molecule has 2 amide bonds. The van der Waals surface area contributed by atoms with E-state index in [0.29, 0.717) is 5.56 Å². The zero-order chi connectivity index (χ0) is 19.2. The first-order valence-electron chi connectivity index (χ1n) is 8.83. The third-order valence-electron chi connectivity index (χ3n) is 5.10. The van der Waals surface area contributed by atoms with E-state index in [1.165, 1.54) is 16.5 Å². The number of rotatable bonds is 4. The first-order chi connectivity index (χ1) is 12.9. The van der Waals surface area contributed by atoms with Gasteiger partial charge in [-0.25, -0.2) is 18.5 Å².